The Morgan fingerprint density at radius 2 is 2.41 bits per heavy atom. The number of methoxy groups -OCH3 is 1. The van der Waals surface area contributed by atoms with Crippen LogP contribution in [0.25, 0.3) is 0 Å². The second-order valence-corrected chi connectivity index (χ2v) is 6.82. The Hall–Kier alpha value is -2.61. The van der Waals surface area contributed by atoms with Gasteiger partial charge in [0.2, 0.25) is 0 Å². The van der Waals surface area contributed by atoms with Crippen molar-refractivity contribution >= 4 is 5.96 Å². The fourth-order valence-corrected chi connectivity index (χ4v) is 2.99. The van der Waals surface area contributed by atoms with Gasteiger partial charge in [0.1, 0.15) is 18.2 Å². The number of nitrogens with zero attached hydrogens (tertiary/aromatic N) is 4. The van der Waals surface area contributed by atoms with Crippen LogP contribution in [0, 0.1) is 0 Å². The average Bonchev–Trinajstić information content (AvgIpc) is 3.28. The lowest BCUT2D eigenvalue weighted by molar-refractivity contribution is 0.177. The Balaban J connectivity index is 1.57. The minimum Gasteiger partial charge on any atom is -0.469 e. The van der Waals surface area contributed by atoms with Gasteiger partial charge in [0.25, 0.3) is 0 Å². The van der Waals surface area contributed by atoms with Crippen LogP contribution in [0.4, 0.5) is 0 Å². The van der Waals surface area contributed by atoms with Crippen LogP contribution in [-0.4, -0.2) is 47.0 Å². The van der Waals surface area contributed by atoms with Gasteiger partial charge in [-0.2, -0.15) is 5.10 Å². The first-order chi connectivity index (χ1) is 13.1. The highest BCUT2D eigenvalue weighted by Crippen LogP contribution is 2.13. The zero-order valence-electron chi connectivity index (χ0n) is 16.1. The molecule has 146 valence electrons. The van der Waals surface area contributed by atoms with Crippen molar-refractivity contribution in [1.29, 1.82) is 0 Å². The SMILES string of the molecule is C=C(C)CN=C(NCCc1ccco1)NC1CCc2nc(COC)nn2C1. The number of aryl methyl sites for hydroxylation is 1. The molecule has 8 nitrogen and oxygen atoms in total. The number of rotatable bonds is 8. The summed E-state index contributed by atoms with van der Waals surface area (Å²) in [6.07, 6.45) is 4.36. The number of fused-ring (bicyclic) bond motifs is 1. The molecule has 0 amide bonds. The zero-order chi connectivity index (χ0) is 19.1. The smallest absolute Gasteiger partial charge is 0.191 e. The third kappa shape index (κ3) is 5.68. The van der Waals surface area contributed by atoms with Crippen molar-refractivity contribution in [2.45, 2.75) is 45.4 Å². The van der Waals surface area contributed by atoms with Crippen molar-refractivity contribution in [3.8, 4) is 0 Å². The van der Waals surface area contributed by atoms with Crippen molar-refractivity contribution in [3.63, 3.8) is 0 Å². The fraction of sp³-hybridized carbons (Fsp3) is 0.526. The van der Waals surface area contributed by atoms with Crippen LogP contribution in [0.15, 0.2) is 40.0 Å². The highest BCUT2D eigenvalue weighted by molar-refractivity contribution is 5.80. The molecular weight excluding hydrogens is 344 g/mol. The first kappa shape index (κ1) is 19.2. The number of ether oxygens (including phenoxy) is 1. The van der Waals surface area contributed by atoms with Crippen LogP contribution in [0.1, 0.15) is 30.8 Å². The van der Waals surface area contributed by atoms with E-state index in [0.717, 1.165) is 61.3 Å². The Kier molecular flexibility index (Phi) is 6.64. The first-order valence-corrected chi connectivity index (χ1v) is 9.27. The van der Waals surface area contributed by atoms with E-state index in [4.69, 9.17) is 9.15 Å². The van der Waals surface area contributed by atoms with E-state index in [1.807, 2.05) is 23.7 Å². The molecule has 1 atom stereocenters. The largest absolute Gasteiger partial charge is 0.469 e. The summed E-state index contributed by atoms with van der Waals surface area (Å²) < 4.78 is 12.5. The van der Waals surface area contributed by atoms with Crippen molar-refractivity contribution in [2.75, 3.05) is 20.2 Å². The Morgan fingerprint density at radius 3 is 3.15 bits per heavy atom. The summed E-state index contributed by atoms with van der Waals surface area (Å²) in [7, 11) is 1.66. The molecule has 0 spiro atoms. The molecule has 0 saturated carbocycles. The third-order valence-corrected chi connectivity index (χ3v) is 4.27. The lowest BCUT2D eigenvalue weighted by Crippen LogP contribution is -2.47. The lowest BCUT2D eigenvalue weighted by Gasteiger charge is -2.25. The van der Waals surface area contributed by atoms with Crippen LogP contribution in [0.3, 0.4) is 0 Å². The molecule has 0 saturated heterocycles. The highest BCUT2D eigenvalue weighted by atomic mass is 16.5. The lowest BCUT2D eigenvalue weighted by atomic mass is 10.1. The van der Waals surface area contributed by atoms with Crippen LogP contribution < -0.4 is 10.6 Å². The number of aliphatic imine (C=N–C) groups is 1. The van der Waals surface area contributed by atoms with Crippen molar-refractivity contribution in [1.82, 2.24) is 25.4 Å². The standard InChI is InChI=1S/C19H28N6O2/c1-14(2)11-21-19(20-9-8-16-5-4-10-27-16)22-15-6-7-18-23-17(13-26-3)24-25(18)12-15/h4-5,10,15H,1,6-9,11-13H2,2-3H3,(H2,20,21,22). The van der Waals surface area contributed by atoms with Gasteiger partial charge in [0.15, 0.2) is 11.8 Å². The zero-order valence-corrected chi connectivity index (χ0v) is 16.1. The molecule has 0 bridgehead atoms. The van der Waals surface area contributed by atoms with Gasteiger partial charge in [0.05, 0.1) is 19.4 Å². The second-order valence-electron chi connectivity index (χ2n) is 6.82. The number of nitrogens with one attached hydrogen (secondary N) is 2. The Labute approximate surface area is 159 Å². The minimum atomic E-state index is 0.245. The maximum atomic E-state index is 5.38. The molecule has 2 N–H and O–H groups in total. The van der Waals surface area contributed by atoms with Gasteiger partial charge in [-0.3, -0.25) is 0 Å². The molecule has 3 rings (SSSR count). The van der Waals surface area contributed by atoms with E-state index in [1.54, 1.807) is 13.4 Å². The molecule has 1 aliphatic rings. The molecular formula is C19H28N6O2. The summed E-state index contributed by atoms with van der Waals surface area (Å²) in [5, 5.41) is 11.4. The molecule has 3 heterocycles. The topological polar surface area (TPSA) is 89.5 Å². The summed E-state index contributed by atoms with van der Waals surface area (Å²) in [5.74, 6) is 3.50. The highest BCUT2D eigenvalue weighted by Gasteiger charge is 2.22. The van der Waals surface area contributed by atoms with E-state index in [2.05, 4.69) is 32.3 Å². The molecule has 2 aromatic rings. The summed E-state index contributed by atoms with van der Waals surface area (Å²) in [4.78, 5) is 9.15. The molecule has 8 heteroatoms. The summed E-state index contributed by atoms with van der Waals surface area (Å²) in [6.45, 7) is 8.45. The average molecular weight is 372 g/mol. The first-order valence-electron chi connectivity index (χ1n) is 9.27. The summed E-state index contributed by atoms with van der Waals surface area (Å²) in [6, 6.07) is 4.12. The Morgan fingerprint density at radius 1 is 1.52 bits per heavy atom. The predicted octanol–water partition coefficient (Wildman–Crippen LogP) is 1.69. The van der Waals surface area contributed by atoms with Gasteiger partial charge >= 0.3 is 0 Å². The van der Waals surface area contributed by atoms with Gasteiger partial charge in [-0.15, -0.1) is 0 Å². The fourth-order valence-electron chi connectivity index (χ4n) is 2.99. The van der Waals surface area contributed by atoms with E-state index in [-0.39, 0.29) is 6.04 Å². The van der Waals surface area contributed by atoms with Crippen LogP contribution in [-0.2, 0) is 30.7 Å². The van der Waals surface area contributed by atoms with Crippen LogP contribution >= 0.6 is 0 Å². The maximum absolute atomic E-state index is 5.38. The van der Waals surface area contributed by atoms with Crippen molar-refractivity contribution in [2.24, 2.45) is 4.99 Å². The predicted molar refractivity (Wildman–Crippen MR) is 104 cm³/mol. The van der Waals surface area contributed by atoms with E-state index >= 15 is 0 Å². The molecule has 0 aliphatic carbocycles. The molecule has 1 unspecified atom stereocenters. The monoisotopic (exact) mass is 372 g/mol. The van der Waals surface area contributed by atoms with E-state index in [0.29, 0.717) is 13.2 Å². The summed E-state index contributed by atoms with van der Waals surface area (Å²) in [5.41, 5.74) is 1.02. The van der Waals surface area contributed by atoms with E-state index in [9.17, 15) is 0 Å². The van der Waals surface area contributed by atoms with Gasteiger partial charge in [-0.1, -0.05) is 12.2 Å². The van der Waals surface area contributed by atoms with Gasteiger partial charge in [-0.05, 0) is 25.5 Å². The van der Waals surface area contributed by atoms with Gasteiger partial charge in [0, 0.05) is 32.5 Å². The molecule has 0 aromatic carbocycles. The normalized spacial score (nSPS) is 16.8. The van der Waals surface area contributed by atoms with Crippen LogP contribution in [0.2, 0.25) is 0 Å². The van der Waals surface area contributed by atoms with E-state index < -0.39 is 0 Å². The molecule has 27 heavy (non-hydrogen) atoms. The number of aromatic nitrogens is 3. The molecule has 0 fully saturated rings. The van der Waals surface area contributed by atoms with E-state index in [1.165, 1.54) is 0 Å². The third-order valence-electron chi connectivity index (χ3n) is 4.27. The number of hydrogen-bond acceptors (Lipinski definition) is 5. The quantitative estimate of drug-likeness (QED) is 0.416. The second kappa shape index (κ2) is 9.36. The van der Waals surface area contributed by atoms with Crippen LogP contribution in [0.5, 0.6) is 0 Å². The molecule has 0 radical (unpaired) electrons. The van der Waals surface area contributed by atoms with Gasteiger partial charge < -0.3 is 19.8 Å². The summed E-state index contributed by atoms with van der Waals surface area (Å²) >= 11 is 0. The maximum Gasteiger partial charge on any atom is 0.191 e. The molecule has 1 aliphatic heterocycles. The minimum absolute atomic E-state index is 0.245. The Bertz CT molecular complexity index is 765. The number of furan rings is 1. The number of guanidine groups is 1. The van der Waals surface area contributed by atoms with Crippen molar-refractivity contribution in [3.05, 3.63) is 48.0 Å². The van der Waals surface area contributed by atoms with Gasteiger partial charge in [-0.25, -0.2) is 14.7 Å². The molecule has 2 aromatic heterocycles. The number of hydrogen-bond donors (Lipinski definition) is 2. The van der Waals surface area contributed by atoms with Crippen molar-refractivity contribution < 1.29 is 9.15 Å².